The third-order valence-corrected chi connectivity index (χ3v) is 2.43. The first-order valence-electron chi connectivity index (χ1n) is 4.34. The Bertz CT molecular complexity index is 263. The monoisotopic (exact) mass is 271 g/mol. The Morgan fingerprint density at radius 1 is 1.47 bits per heavy atom. The minimum absolute atomic E-state index is 0.170. The molecule has 0 spiro atoms. The molecule has 0 radical (unpaired) electrons. The van der Waals surface area contributed by atoms with Gasteiger partial charge in [-0.2, -0.15) is 0 Å². The van der Waals surface area contributed by atoms with Gasteiger partial charge in [-0.1, -0.05) is 40.9 Å². The lowest BCUT2D eigenvalue weighted by molar-refractivity contribution is -0.0748. The van der Waals surface area contributed by atoms with E-state index in [2.05, 4.69) is 0 Å². The SMILES string of the molecule is COC(CC(Cl)(Cl)Cl)N1C=CC=CC1O. The van der Waals surface area contributed by atoms with E-state index in [4.69, 9.17) is 39.5 Å². The number of allylic oxidation sites excluding steroid dienone is 2. The van der Waals surface area contributed by atoms with Gasteiger partial charge in [0, 0.05) is 19.7 Å². The molecule has 0 fully saturated rings. The molecule has 2 atom stereocenters. The van der Waals surface area contributed by atoms with Crippen LogP contribution in [0.5, 0.6) is 0 Å². The summed E-state index contributed by atoms with van der Waals surface area (Å²) in [5.41, 5.74) is 0. The lowest BCUT2D eigenvalue weighted by Crippen LogP contribution is -2.42. The molecule has 0 amide bonds. The zero-order valence-corrected chi connectivity index (χ0v) is 10.4. The second-order valence-corrected chi connectivity index (χ2v) is 5.61. The average Bonchev–Trinajstić information content (AvgIpc) is 2.14. The number of rotatable bonds is 3. The number of hydrogen-bond acceptors (Lipinski definition) is 3. The van der Waals surface area contributed by atoms with Gasteiger partial charge in [-0.25, -0.2) is 0 Å². The van der Waals surface area contributed by atoms with E-state index in [9.17, 15) is 5.11 Å². The third kappa shape index (κ3) is 4.21. The lowest BCUT2D eigenvalue weighted by atomic mass is 10.2. The maximum Gasteiger partial charge on any atom is 0.194 e. The molecule has 0 aromatic heterocycles. The Balaban J connectivity index is 2.66. The van der Waals surface area contributed by atoms with Crippen LogP contribution in [0.25, 0.3) is 0 Å². The van der Waals surface area contributed by atoms with Gasteiger partial charge in [-0.15, -0.1) is 0 Å². The van der Waals surface area contributed by atoms with Crippen molar-refractivity contribution in [3.63, 3.8) is 0 Å². The molecule has 0 aliphatic carbocycles. The summed E-state index contributed by atoms with van der Waals surface area (Å²) in [6.07, 6.45) is 5.75. The first-order valence-corrected chi connectivity index (χ1v) is 5.47. The topological polar surface area (TPSA) is 32.7 Å². The molecule has 0 aromatic rings. The molecular formula is C9H12Cl3NO2. The van der Waals surface area contributed by atoms with E-state index >= 15 is 0 Å². The van der Waals surface area contributed by atoms with E-state index in [0.29, 0.717) is 0 Å². The molecule has 1 aliphatic heterocycles. The van der Waals surface area contributed by atoms with E-state index < -0.39 is 16.2 Å². The first kappa shape index (κ1) is 13.1. The smallest absolute Gasteiger partial charge is 0.194 e. The summed E-state index contributed by atoms with van der Waals surface area (Å²) in [7, 11) is 1.50. The number of aliphatic hydroxyl groups is 1. The molecule has 3 nitrogen and oxygen atoms in total. The van der Waals surface area contributed by atoms with Crippen molar-refractivity contribution in [2.24, 2.45) is 0 Å². The van der Waals surface area contributed by atoms with E-state index in [1.807, 2.05) is 0 Å². The molecule has 1 aliphatic rings. The molecule has 0 saturated carbocycles. The van der Waals surface area contributed by atoms with Crippen LogP contribution in [0.1, 0.15) is 6.42 Å². The molecule has 1 N–H and O–H groups in total. The summed E-state index contributed by atoms with van der Waals surface area (Å²) in [6.45, 7) is 0. The lowest BCUT2D eigenvalue weighted by Gasteiger charge is -2.34. The van der Waals surface area contributed by atoms with Gasteiger partial charge in [0.25, 0.3) is 0 Å². The molecule has 15 heavy (non-hydrogen) atoms. The largest absolute Gasteiger partial charge is 0.370 e. The van der Waals surface area contributed by atoms with Crippen molar-refractivity contribution in [2.75, 3.05) is 7.11 Å². The second-order valence-electron chi connectivity index (χ2n) is 3.10. The van der Waals surface area contributed by atoms with Crippen molar-refractivity contribution in [1.82, 2.24) is 4.90 Å². The van der Waals surface area contributed by atoms with Crippen molar-refractivity contribution >= 4 is 34.8 Å². The van der Waals surface area contributed by atoms with Gasteiger partial charge in [0.15, 0.2) is 3.79 Å². The predicted molar refractivity (Wildman–Crippen MR) is 61.8 cm³/mol. The summed E-state index contributed by atoms with van der Waals surface area (Å²) < 4.78 is 3.76. The van der Waals surface area contributed by atoms with Gasteiger partial charge in [0.1, 0.15) is 12.5 Å². The Morgan fingerprint density at radius 3 is 2.60 bits per heavy atom. The Morgan fingerprint density at radius 2 is 2.13 bits per heavy atom. The molecule has 1 heterocycles. The minimum Gasteiger partial charge on any atom is -0.370 e. The minimum atomic E-state index is -1.41. The highest BCUT2D eigenvalue weighted by molar-refractivity contribution is 6.67. The third-order valence-electron chi connectivity index (χ3n) is 1.97. The normalized spacial score (nSPS) is 23.3. The average molecular weight is 273 g/mol. The van der Waals surface area contributed by atoms with E-state index in [-0.39, 0.29) is 6.42 Å². The maximum atomic E-state index is 9.65. The van der Waals surface area contributed by atoms with Crippen LogP contribution in [0, 0.1) is 0 Å². The molecule has 86 valence electrons. The van der Waals surface area contributed by atoms with Crippen LogP contribution in [-0.2, 0) is 4.74 Å². The van der Waals surface area contributed by atoms with Crippen LogP contribution in [0.4, 0.5) is 0 Å². The molecule has 2 unspecified atom stereocenters. The van der Waals surface area contributed by atoms with Crippen LogP contribution in [0.2, 0.25) is 0 Å². The van der Waals surface area contributed by atoms with Crippen LogP contribution >= 0.6 is 34.8 Å². The van der Waals surface area contributed by atoms with Gasteiger partial charge in [-0.05, 0) is 12.2 Å². The molecule has 0 aromatic carbocycles. The zero-order valence-electron chi connectivity index (χ0n) is 8.11. The van der Waals surface area contributed by atoms with Crippen molar-refractivity contribution in [3.05, 3.63) is 24.4 Å². The number of halogens is 3. The number of hydrogen-bond donors (Lipinski definition) is 1. The highest BCUT2D eigenvalue weighted by atomic mass is 35.6. The Labute approximate surface area is 104 Å². The number of alkyl halides is 3. The van der Waals surface area contributed by atoms with Crippen LogP contribution < -0.4 is 0 Å². The van der Waals surface area contributed by atoms with Crippen molar-refractivity contribution in [3.8, 4) is 0 Å². The first-order chi connectivity index (χ1) is 6.94. The fraction of sp³-hybridized carbons (Fsp3) is 0.556. The van der Waals surface area contributed by atoms with E-state index in [1.165, 1.54) is 7.11 Å². The predicted octanol–water partition coefficient (Wildman–Crippen LogP) is 2.42. The van der Waals surface area contributed by atoms with Crippen molar-refractivity contribution in [1.29, 1.82) is 0 Å². The quantitative estimate of drug-likeness (QED) is 0.801. The van der Waals surface area contributed by atoms with Gasteiger partial charge in [0.2, 0.25) is 0 Å². The summed E-state index contributed by atoms with van der Waals surface area (Å²) in [6, 6.07) is 0. The summed E-state index contributed by atoms with van der Waals surface area (Å²) >= 11 is 17.0. The van der Waals surface area contributed by atoms with E-state index in [1.54, 1.807) is 29.3 Å². The highest BCUT2D eigenvalue weighted by Gasteiger charge is 2.30. The molecule has 6 heteroatoms. The van der Waals surface area contributed by atoms with Crippen LogP contribution in [0.15, 0.2) is 24.4 Å². The van der Waals surface area contributed by atoms with Gasteiger partial charge < -0.3 is 14.7 Å². The Hall–Kier alpha value is 0.0700. The van der Waals surface area contributed by atoms with Crippen molar-refractivity contribution in [2.45, 2.75) is 22.7 Å². The summed E-state index contributed by atoms with van der Waals surface area (Å²) in [4.78, 5) is 1.57. The van der Waals surface area contributed by atoms with Gasteiger partial charge in [0.05, 0.1) is 0 Å². The molecular weight excluding hydrogens is 260 g/mol. The maximum absolute atomic E-state index is 9.65. The van der Waals surface area contributed by atoms with Crippen molar-refractivity contribution < 1.29 is 9.84 Å². The molecule has 0 saturated heterocycles. The highest BCUT2D eigenvalue weighted by Crippen LogP contribution is 2.33. The molecule has 1 rings (SSSR count). The van der Waals surface area contributed by atoms with Crippen LogP contribution in [0.3, 0.4) is 0 Å². The Kier molecular flexibility index (Phi) is 4.74. The van der Waals surface area contributed by atoms with Gasteiger partial charge >= 0.3 is 0 Å². The molecule has 0 bridgehead atoms. The number of ether oxygens (including phenoxy) is 1. The fourth-order valence-electron chi connectivity index (χ4n) is 1.27. The van der Waals surface area contributed by atoms with E-state index in [0.717, 1.165) is 0 Å². The zero-order chi connectivity index (χ0) is 11.5. The van der Waals surface area contributed by atoms with Gasteiger partial charge in [-0.3, -0.25) is 0 Å². The second kappa shape index (κ2) is 5.41. The summed E-state index contributed by atoms with van der Waals surface area (Å²) in [5, 5.41) is 9.65. The number of aliphatic hydroxyl groups excluding tert-OH is 1. The summed E-state index contributed by atoms with van der Waals surface area (Å²) in [5.74, 6) is 0. The number of methoxy groups -OCH3 is 1. The van der Waals surface area contributed by atoms with Crippen LogP contribution in [-0.4, -0.2) is 33.4 Å². The number of nitrogens with zero attached hydrogens (tertiary/aromatic N) is 1. The fourth-order valence-corrected chi connectivity index (χ4v) is 1.67. The standard InChI is InChI=1S/C9H12Cl3NO2/c1-15-8(6-9(10,11)12)13-5-3-2-4-7(13)14/h2-5,7-8,14H,6H2,1H3.